The molecule has 0 heterocycles. The molecular formula is C63H106O5. The first-order valence-corrected chi connectivity index (χ1v) is 28.4. The minimum absolute atomic E-state index is 0.0718. The molecular weight excluding hydrogens is 837 g/mol. The number of aliphatic hydroxyl groups excluding tert-OH is 1. The van der Waals surface area contributed by atoms with Crippen LogP contribution in [0.25, 0.3) is 0 Å². The summed E-state index contributed by atoms with van der Waals surface area (Å²) in [5.74, 6) is -0.599. The predicted molar refractivity (Wildman–Crippen MR) is 297 cm³/mol. The molecule has 0 fully saturated rings. The zero-order valence-electron chi connectivity index (χ0n) is 44.3. The lowest BCUT2D eigenvalue weighted by Gasteiger charge is -2.15. The molecule has 5 nitrogen and oxygen atoms in total. The van der Waals surface area contributed by atoms with Crippen molar-refractivity contribution in [3.8, 4) is 0 Å². The number of rotatable bonds is 51. The second-order valence-electron chi connectivity index (χ2n) is 18.6. The molecule has 0 saturated heterocycles. The Morgan fingerprint density at radius 2 is 0.632 bits per heavy atom. The van der Waals surface area contributed by atoms with Gasteiger partial charge in [-0.2, -0.15) is 0 Å². The van der Waals surface area contributed by atoms with Crippen LogP contribution in [0.15, 0.2) is 109 Å². The highest BCUT2D eigenvalue weighted by atomic mass is 16.6. The van der Waals surface area contributed by atoms with E-state index < -0.39 is 6.10 Å². The first kappa shape index (κ1) is 64.6. The van der Waals surface area contributed by atoms with Gasteiger partial charge in [-0.25, -0.2) is 0 Å². The van der Waals surface area contributed by atoms with Crippen LogP contribution < -0.4 is 0 Å². The first-order chi connectivity index (χ1) is 33.6. The number of unbranched alkanes of at least 4 members (excludes halogenated alkanes) is 25. The SMILES string of the molecule is CC/C=C\C/C=C\C/C=C\C/C=C\C/C=C\C/C=C\C/C=C\C/C=C\CCCCCCCCCCCCCCCCCCC(=O)OC(CO)COC(=O)CCCCCCC/C=C\CCCCCC. The molecule has 0 saturated carbocycles. The number of hydrogen-bond donors (Lipinski definition) is 1. The Kier molecular flexibility index (Phi) is 54.9. The van der Waals surface area contributed by atoms with Crippen molar-refractivity contribution in [2.24, 2.45) is 0 Å². The van der Waals surface area contributed by atoms with Gasteiger partial charge < -0.3 is 14.6 Å². The van der Waals surface area contributed by atoms with E-state index in [-0.39, 0.29) is 25.2 Å². The summed E-state index contributed by atoms with van der Waals surface area (Å²) in [5, 5.41) is 9.62. The Bertz CT molecular complexity index is 1340. The fourth-order valence-electron chi connectivity index (χ4n) is 7.80. The van der Waals surface area contributed by atoms with Crippen molar-refractivity contribution in [2.45, 2.75) is 264 Å². The number of hydrogen-bond acceptors (Lipinski definition) is 5. The maximum absolute atomic E-state index is 12.3. The van der Waals surface area contributed by atoms with Gasteiger partial charge in [0.15, 0.2) is 6.10 Å². The lowest BCUT2D eigenvalue weighted by Crippen LogP contribution is -2.28. The van der Waals surface area contributed by atoms with Crippen LogP contribution in [0.2, 0.25) is 0 Å². The van der Waals surface area contributed by atoms with Gasteiger partial charge in [-0.15, -0.1) is 0 Å². The number of carbonyl (C=O) groups is 2. The molecule has 0 rings (SSSR count). The summed E-state index contributed by atoms with van der Waals surface area (Å²) in [6, 6.07) is 0. The molecule has 5 heteroatoms. The molecule has 0 aliphatic carbocycles. The summed E-state index contributed by atoms with van der Waals surface area (Å²) in [5.41, 5.74) is 0. The standard InChI is InChI=1S/C63H106O5/c1-3-5-7-9-11-13-15-17-18-19-20-21-22-23-24-25-26-27-28-29-30-31-32-33-34-35-36-37-38-39-40-41-42-43-44-46-48-50-52-54-56-58-63(66)68-61(59-64)60-67-62(65)57-55-53-51-49-47-45-16-14-12-10-8-6-4-2/h5,7,11,13-14,16-18,20-21,23-24,26-27,29-30,32-33,61,64H,3-4,6,8-10,12,15,19,22,25,28,31,34-60H2,1-2H3/b7-5-,13-11-,16-14-,18-17-,21-20-,24-23-,27-26-,30-29-,33-32-. The van der Waals surface area contributed by atoms with Crippen LogP contribution in [-0.4, -0.2) is 36.4 Å². The molecule has 0 aromatic rings. The highest BCUT2D eigenvalue weighted by Crippen LogP contribution is 2.16. The number of carbonyl (C=O) groups excluding carboxylic acids is 2. The zero-order valence-corrected chi connectivity index (χ0v) is 44.3. The Hall–Kier alpha value is -3.44. The van der Waals surface area contributed by atoms with E-state index in [4.69, 9.17) is 9.47 Å². The van der Waals surface area contributed by atoms with Gasteiger partial charge >= 0.3 is 11.9 Å². The Morgan fingerprint density at radius 1 is 0.353 bits per heavy atom. The summed E-state index contributed by atoms with van der Waals surface area (Å²) < 4.78 is 10.7. The van der Waals surface area contributed by atoms with Gasteiger partial charge in [0.25, 0.3) is 0 Å². The smallest absolute Gasteiger partial charge is 0.306 e. The third kappa shape index (κ3) is 55.2. The second-order valence-corrected chi connectivity index (χ2v) is 18.6. The lowest BCUT2D eigenvalue weighted by atomic mass is 10.0. The van der Waals surface area contributed by atoms with Gasteiger partial charge in [0.05, 0.1) is 6.61 Å². The van der Waals surface area contributed by atoms with E-state index in [1.54, 1.807) is 0 Å². The van der Waals surface area contributed by atoms with E-state index in [1.165, 1.54) is 135 Å². The lowest BCUT2D eigenvalue weighted by molar-refractivity contribution is -0.161. The number of esters is 2. The zero-order chi connectivity index (χ0) is 49.2. The topological polar surface area (TPSA) is 72.8 Å². The van der Waals surface area contributed by atoms with Crippen LogP contribution in [0.3, 0.4) is 0 Å². The van der Waals surface area contributed by atoms with Gasteiger partial charge in [0.1, 0.15) is 6.61 Å². The van der Waals surface area contributed by atoms with Crippen LogP contribution in [0, 0.1) is 0 Å². The van der Waals surface area contributed by atoms with Crippen LogP contribution in [0.4, 0.5) is 0 Å². The average Bonchev–Trinajstić information content (AvgIpc) is 3.34. The molecule has 1 N–H and O–H groups in total. The van der Waals surface area contributed by atoms with E-state index in [2.05, 4.69) is 123 Å². The van der Waals surface area contributed by atoms with Gasteiger partial charge in [0.2, 0.25) is 0 Å². The predicted octanol–water partition coefficient (Wildman–Crippen LogP) is 19.3. The van der Waals surface area contributed by atoms with Crippen molar-refractivity contribution in [3.63, 3.8) is 0 Å². The minimum Gasteiger partial charge on any atom is -0.462 e. The normalized spacial score (nSPS) is 13.0. The number of allylic oxidation sites excluding steroid dienone is 18. The second kappa shape index (κ2) is 57.9. The van der Waals surface area contributed by atoms with E-state index in [9.17, 15) is 14.7 Å². The van der Waals surface area contributed by atoms with Crippen LogP contribution >= 0.6 is 0 Å². The molecule has 0 spiro atoms. The molecule has 0 bridgehead atoms. The van der Waals surface area contributed by atoms with Crippen molar-refractivity contribution in [1.82, 2.24) is 0 Å². The maximum Gasteiger partial charge on any atom is 0.306 e. The summed E-state index contributed by atoms with van der Waals surface area (Å²) >= 11 is 0. The Morgan fingerprint density at radius 3 is 0.971 bits per heavy atom. The third-order valence-corrected chi connectivity index (χ3v) is 12.1. The maximum atomic E-state index is 12.3. The van der Waals surface area contributed by atoms with E-state index >= 15 is 0 Å². The third-order valence-electron chi connectivity index (χ3n) is 12.1. The van der Waals surface area contributed by atoms with E-state index in [0.717, 1.165) is 96.3 Å². The minimum atomic E-state index is -0.778. The molecule has 0 aliphatic rings. The van der Waals surface area contributed by atoms with Crippen LogP contribution in [-0.2, 0) is 19.1 Å². The molecule has 388 valence electrons. The molecule has 0 aromatic heterocycles. The summed E-state index contributed by atoms with van der Waals surface area (Å²) in [6.45, 7) is 4.01. The van der Waals surface area contributed by atoms with E-state index in [1.807, 2.05) is 0 Å². The van der Waals surface area contributed by atoms with Gasteiger partial charge in [-0.05, 0) is 103 Å². The quantitative estimate of drug-likeness (QED) is 0.0374. The molecule has 0 aromatic carbocycles. The Labute approximate surface area is 421 Å². The first-order valence-electron chi connectivity index (χ1n) is 28.4. The van der Waals surface area contributed by atoms with Crippen molar-refractivity contribution < 1.29 is 24.2 Å². The molecule has 1 atom stereocenters. The molecule has 0 amide bonds. The van der Waals surface area contributed by atoms with Crippen molar-refractivity contribution in [1.29, 1.82) is 0 Å². The summed E-state index contributed by atoms with van der Waals surface area (Å²) in [7, 11) is 0. The molecule has 0 aliphatic heterocycles. The largest absolute Gasteiger partial charge is 0.462 e. The Balaban J connectivity index is 3.50. The molecule has 68 heavy (non-hydrogen) atoms. The fraction of sp³-hybridized carbons (Fsp3) is 0.683. The number of aliphatic hydroxyl groups is 1. The summed E-state index contributed by atoms with van der Waals surface area (Å²) in [4.78, 5) is 24.4. The highest BCUT2D eigenvalue weighted by Gasteiger charge is 2.16. The number of ether oxygens (including phenoxy) is 2. The molecule has 1 unspecified atom stereocenters. The van der Waals surface area contributed by atoms with Crippen molar-refractivity contribution in [3.05, 3.63) is 109 Å². The van der Waals surface area contributed by atoms with Gasteiger partial charge in [-0.1, -0.05) is 252 Å². The van der Waals surface area contributed by atoms with Crippen molar-refractivity contribution >= 4 is 11.9 Å². The van der Waals surface area contributed by atoms with Crippen molar-refractivity contribution in [2.75, 3.05) is 13.2 Å². The van der Waals surface area contributed by atoms with Gasteiger partial charge in [-0.3, -0.25) is 9.59 Å². The average molecular weight is 944 g/mol. The molecule has 0 radical (unpaired) electrons. The summed E-state index contributed by atoms with van der Waals surface area (Å²) in [6.07, 6.45) is 83.6. The monoisotopic (exact) mass is 943 g/mol. The van der Waals surface area contributed by atoms with Crippen LogP contribution in [0.5, 0.6) is 0 Å². The highest BCUT2D eigenvalue weighted by molar-refractivity contribution is 5.70. The van der Waals surface area contributed by atoms with Crippen LogP contribution in [0.1, 0.15) is 258 Å². The van der Waals surface area contributed by atoms with E-state index in [0.29, 0.717) is 12.8 Å². The van der Waals surface area contributed by atoms with Gasteiger partial charge in [0, 0.05) is 12.8 Å². The fourth-order valence-corrected chi connectivity index (χ4v) is 7.80.